The molecule has 0 bridgehead atoms. The van der Waals surface area contributed by atoms with Crippen molar-refractivity contribution in [3.8, 4) is 5.75 Å². The van der Waals surface area contributed by atoms with Gasteiger partial charge >= 0.3 is 6.18 Å². The molecule has 0 radical (unpaired) electrons. The second kappa shape index (κ2) is 4.40. The summed E-state index contributed by atoms with van der Waals surface area (Å²) in [5, 5.41) is 17.9. The van der Waals surface area contributed by atoms with E-state index >= 15 is 0 Å². The molecule has 0 aliphatic carbocycles. The van der Waals surface area contributed by atoms with Gasteiger partial charge < -0.3 is 10.2 Å². The van der Waals surface area contributed by atoms with Crippen molar-refractivity contribution in [2.75, 3.05) is 0 Å². The molecule has 0 amide bonds. The summed E-state index contributed by atoms with van der Waals surface area (Å²) in [6.45, 7) is 0. The molecule has 0 aromatic heterocycles. The highest BCUT2D eigenvalue weighted by molar-refractivity contribution is 9.10. The van der Waals surface area contributed by atoms with E-state index in [9.17, 15) is 13.2 Å². The maximum Gasteiger partial charge on any atom is 0.414 e. The number of benzene rings is 1. The van der Waals surface area contributed by atoms with Crippen molar-refractivity contribution in [1.82, 2.24) is 0 Å². The fraction of sp³-hybridized carbons (Fsp3) is 0.333. The first-order chi connectivity index (χ1) is 6.80. The number of halogens is 4. The van der Waals surface area contributed by atoms with Gasteiger partial charge in [0.1, 0.15) is 5.75 Å². The summed E-state index contributed by atoms with van der Waals surface area (Å²) in [6.07, 6.45) is -7.65. The second-order valence-corrected chi connectivity index (χ2v) is 3.89. The molecular formula is C9H8BrF3O2. The first kappa shape index (κ1) is 12.3. The summed E-state index contributed by atoms with van der Waals surface area (Å²) in [5.41, 5.74) is 0.208. The van der Waals surface area contributed by atoms with Gasteiger partial charge in [0, 0.05) is 10.9 Å². The van der Waals surface area contributed by atoms with E-state index in [1.54, 1.807) is 0 Å². The van der Waals surface area contributed by atoms with Crippen LogP contribution in [0.4, 0.5) is 13.2 Å². The van der Waals surface area contributed by atoms with Gasteiger partial charge in [-0.15, -0.1) is 0 Å². The largest absolute Gasteiger partial charge is 0.508 e. The van der Waals surface area contributed by atoms with Gasteiger partial charge in [-0.2, -0.15) is 13.2 Å². The van der Waals surface area contributed by atoms with Crippen molar-refractivity contribution in [3.63, 3.8) is 0 Å². The lowest BCUT2D eigenvalue weighted by Crippen LogP contribution is -2.30. The maximum absolute atomic E-state index is 12.0. The zero-order chi connectivity index (χ0) is 11.6. The molecule has 1 unspecified atom stereocenters. The Labute approximate surface area is 92.5 Å². The number of phenols is 1. The van der Waals surface area contributed by atoms with Crippen LogP contribution >= 0.6 is 15.9 Å². The van der Waals surface area contributed by atoms with Crippen molar-refractivity contribution in [2.24, 2.45) is 0 Å². The van der Waals surface area contributed by atoms with Crippen LogP contribution in [0.1, 0.15) is 5.56 Å². The fourth-order valence-corrected chi connectivity index (χ4v) is 1.45. The normalized spacial score (nSPS) is 13.9. The van der Waals surface area contributed by atoms with Gasteiger partial charge in [-0.3, -0.25) is 0 Å². The van der Waals surface area contributed by atoms with Crippen molar-refractivity contribution in [2.45, 2.75) is 18.7 Å². The van der Waals surface area contributed by atoms with Gasteiger partial charge in [-0.05, 0) is 23.8 Å². The molecule has 0 saturated carbocycles. The molecule has 1 atom stereocenters. The van der Waals surface area contributed by atoms with Crippen molar-refractivity contribution in [1.29, 1.82) is 0 Å². The number of rotatable bonds is 2. The van der Waals surface area contributed by atoms with Gasteiger partial charge in [-0.1, -0.05) is 15.9 Å². The third kappa shape index (κ3) is 3.39. The maximum atomic E-state index is 12.0. The quantitative estimate of drug-likeness (QED) is 0.877. The van der Waals surface area contributed by atoms with E-state index in [2.05, 4.69) is 15.9 Å². The lowest BCUT2D eigenvalue weighted by molar-refractivity contribution is -0.203. The summed E-state index contributed by atoms with van der Waals surface area (Å²) in [5.74, 6) is -0.137. The van der Waals surface area contributed by atoms with Gasteiger partial charge in [0.2, 0.25) is 0 Å². The first-order valence-corrected chi connectivity index (χ1v) is 4.82. The molecule has 15 heavy (non-hydrogen) atoms. The zero-order valence-electron chi connectivity index (χ0n) is 7.42. The molecule has 1 aromatic rings. The SMILES string of the molecule is Oc1ccc(Br)c(CC(O)C(F)(F)F)c1. The summed E-state index contributed by atoms with van der Waals surface area (Å²) >= 11 is 3.04. The number of aliphatic hydroxyl groups excluding tert-OH is 1. The topological polar surface area (TPSA) is 40.5 Å². The minimum absolute atomic E-state index is 0.137. The van der Waals surface area contributed by atoms with Crippen LogP contribution in [0.5, 0.6) is 5.75 Å². The van der Waals surface area contributed by atoms with Crippen LogP contribution in [-0.2, 0) is 6.42 Å². The van der Waals surface area contributed by atoms with Crippen molar-refractivity contribution < 1.29 is 23.4 Å². The van der Waals surface area contributed by atoms with Gasteiger partial charge in [0.25, 0.3) is 0 Å². The van der Waals surface area contributed by atoms with Crippen LogP contribution in [0, 0.1) is 0 Å². The number of alkyl halides is 3. The lowest BCUT2D eigenvalue weighted by atomic mass is 10.1. The van der Waals surface area contributed by atoms with Gasteiger partial charge in [0.05, 0.1) is 0 Å². The highest BCUT2D eigenvalue weighted by atomic mass is 79.9. The van der Waals surface area contributed by atoms with Crippen molar-refractivity contribution in [3.05, 3.63) is 28.2 Å². The average Bonchev–Trinajstić information content (AvgIpc) is 2.09. The Morgan fingerprint density at radius 1 is 1.33 bits per heavy atom. The number of hydrogen-bond donors (Lipinski definition) is 2. The molecule has 2 N–H and O–H groups in total. The Hall–Kier alpha value is -0.750. The number of phenolic OH excluding ortho intramolecular Hbond substituents is 1. The molecule has 1 rings (SSSR count). The third-order valence-corrected chi connectivity index (χ3v) is 2.59. The molecule has 84 valence electrons. The highest BCUT2D eigenvalue weighted by Gasteiger charge is 2.38. The van der Waals surface area contributed by atoms with E-state index in [0.29, 0.717) is 4.47 Å². The first-order valence-electron chi connectivity index (χ1n) is 4.03. The molecule has 6 heteroatoms. The van der Waals surface area contributed by atoms with E-state index in [4.69, 9.17) is 10.2 Å². The Kier molecular flexibility index (Phi) is 3.62. The molecule has 0 fully saturated rings. The molecule has 0 aliphatic rings. The number of aromatic hydroxyl groups is 1. The smallest absolute Gasteiger partial charge is 0.414 e. The standard InChI is InChI=1S/C9H8BrF3O2/c10-7-2-1-6(14)3-5(7)4-8(15)9(11,12)13/h1-3,8,14-15H,4H2. The van der Waals surface area contributed by atoms with E-state index in [0.717, 1.165) is 0 Å². The molecular weight excluding hydrogens is 277 g/mol. The predicted octanol–water partition coefficient (Wildman–Crippen LogP) is 2.62. The Bertz CT molecular complexity index is 352. The number of hydrogen-bond acceptors (Lipinski definition) is 2. The van der Waals surface area contributed by atoms with E-state index in [-0.39, 0.29) is 11.3 Å². The fourth-order valence-electron chi connectivity index (χ4n) is 1.04. The molecule has 2 nitrogen and oxygen atoms in total. The molecule has 0 heterocycles. The summed E-state index contributed by atoms with van der Waals surface area (Å²) < 4.78 is 36.5. The van der Waals surface area contributed by atoms with Crippen LogP contribution < -0.4 is 0 Å². The van der Waals surface area contributed by atoms with Crippen LogP contribution in [0.25, 0.3) is 0 Å². The van der Waals surface area contributed by atoms with E-state index in [1.807, 2.05) is 0 Å². The van der Waals surface area contributed by atoms with E-state index < -0.39 is 18.7 Å². The Balaban J connectivity index is 2.85. The lowest BCUT2D eigenvalue weighted by Gasteiger charge is -2.15. The summed E-state index contributed by atoms with van der Waals surface area (Å²) in [7, 11) is 0. The molecule has 0 saturated heterocycles. The van der Waals surface area contributed by atoms with Crippen LogP contribution in [0.2, 0.25) is 0 Å². The molecule has 0 aliphatic heterocycles. The monoisotopic (exact) mass is 284 g/mol. The van der Waals surface area contributed by atoms with Crippen LogP contribution in [0.15, 0.2) is 22.7 Å². The molecule has 1 aromatic carbocycles. The Morgan fingerprint density at radius 3 is 2.47 bits per heavy atom. The van der Waals surface area contributed by atoms with Gasteiger partial charge in [-0.25, -0.2) is 0 Å². The van der Waals surface area contributed by atoms with Gasteiger partial charge in [0.15, 0.2) is 6.10 Å². The third-order valence-electron chi connectivity index (χ3n) is 1.82. The Morgan fingerprint density at radius 2 is 1.93 bits per heavy atom. The predicted molar refractivity (Wildman–Crippen MR) is 51.6 cm³/mol. The zero-order valence-corrected chi connectivity index (χ0v) is 9.01. The highest BCUT2D eigenvalue weighted by Crippen LogP contribution is 2.28. The minimum Gasteiger partial charge on any atom is -0.508 e. The van der Waals surface area contributed by atoms with Crippen LogP contribution in [-0.4, -0.2) is 22.5 Å². The van der Waals surface area contributed by atoms with Crippen molar-refractivity contribution >= 4 is 15.9 Å². The molecule has 0 spiro atoms. The minimum atomic E-state index is -4.65. The average molecular weight is 285 g/mol. The summed E-state index contributed by atoms with van der Waals surface area (Å²) in [6, 6.07) is 3.94. The van der Waals surface area contributed by atoms with E-state index in [1.165, 1.54) is 18.2 Å². The summed E-state index contributed by atoms with van der Waals surface area (Å²) in [4.78, 5) is 0. The second-order valence-electron chi connectivity index (χ2n) is 3.04. The number of aliphatic hydroxyl groups is 1. The van der Waals surface area contributed by atoms with Crippen LogP contribution in [0.3, 0.4) is 0 Å².